The van der Waals surface area contributed by atoms with E-state index >= 15 is 0 Å². The molecule has 5 heteroatoms. The van der Waals surface area contributed by atoms with Crippen LogP contribution in [0.25, 0.3) is 0 Å². The number of nitrogens with zero attached hydrogens (tertiary/aromatic N) is 2. The maximum absolute atomic E-state index is 12.1. The van der Waals surface area contributed by atoms with Gasteiger partial charge in [-0.05, 0) is 36.8 Å². The molecule has 1 atom stereocenters. The van der Waals surface area contributed by atoms with Crippen molar-refractivity contribution in [3.05, 3.63) is 28.5 Å². The quantitative estimate of drug-likeness (QED) is 0.861. The molecule has 1 aromatic rings. The minimum absolute atomic E-state index is 0.195. The summed E-state index contributed by atoms with van der Waals surface area (Å²) >= 11 is 5.93. The molecule has 1 unspecified atom stereocenters. The Hall–Kier alpha value is -1.60. The number of pyridine rings is 1. The summed E-state index contributed by atoms with van der Waals surface area (Å²) in [6.45, 7) is 3.98. The summed E-state index contributed by atoms with van der Waals surface area (Å²) < 4.78 is 0. The first-order chi connectivity index (χ1) is 9.01. The first-order valence-corrected chi connectivity index (χ1v) is 6.77. The second-order valence-electron chi connectivity index (χ2n) is 5.18. The van der Waals surface area contributed by atoms with Gasteiger partial charge >= 0.3 is 0 Å². The van der Waals surface area contributed by atoms with Gasteiger partial charge in [0, 0.05) is 11.3 Å². The van der Waals surface area contributed by atoms with Crippen molar-refractivity contribution in [1.82, 2.24) is 10.3 Å². The van der Waals surface area contributed by atoms with Crippen LogP contribution in [0.15, 0.2) is 12.1 Å². The van der Waals surface area contributed by atoms with Gasteiger partial charge in [0.2, 0.25) is 0 Å². The Morgan fingerprint density at radius 3 is 2.74 bits per heavy atom. The smallest absolute Gasteiger partial charge is 0.252 e. The Bertz CT molecular complexity index is 532. The molecule has 1 fully saturated rings. The topological polar surface area (TPSA) is 65.8 Å². The molecule has 4 nitrogen and oxygen atoms in total. The van der Waals surface area contributed by atoms with Crippen molar-refractivity contribution < 1.29 is 4.79 Å². The zero-order chi connectivity index (χ0) is 14.0. The van der Waals surface area contributed by atoms with Crippen LogP contribution in [-0.2, 0) is 0 Å². The van der Waals surface area contributed by atoms with Gasteiger partial charge in [0.05, 0.1) is 6.07 Å². The monoisotopic (exact) mass is 277 g/mol. The van der Waals surface area contributed by atoms with E-state index in [1.807, 2.05) is 13.8 Å². The fraction of sp³-hybridized carbons (Fsp3) is 0.500. The zero-order valence-corrected chi connectivity index (χ0v) is 11.7. The zero-order valence-electron chi connectivity index (χ0n) is 11.0. The molecule has 0 bridgehead atoms. The predicted octanol–water partition coefficient (Wildman–Crippen LogP) is 2.89. The SMILES string of the molecule is CC(C)c1cc(C(=O)NC(C#N)C2CC2)cc(Cl)n1. The number of halogens is 1. The van der Waals surface area contributed by atoms with Crippen LogP contribution in [0, 0.1) is 17.2 Å². The molecule has 1 aromatic heterocycles. The fourth-order valence-electron chi connectivity index (χ4n) is 1.85. The Morgan fingerprint density at radius 2 is 2.21 bits per heavy atom. The van der Waals surface area contributed by atoms with Crippen LogP contribution in [0.4, 0.5) is 0 Å². The summed E-state index contributed by atoms with van der Waals surface area (Å²) in [4.78, 5) is 16.3. The van der Waals surface area contributed by atoms with E-state index in [9.17, 15) is 4.79 Å². The van der Waals surface area contributed by atoms with E-state index < -0.39 is 6.04 Å². The van der Waals surface area contributed by atoms with Crippen LogP contribution >= 0.6 is 11.6 Å². The van der Waals surface area contributed by atoms with Crippen molar-refractivity contribution in [1.29, 1.82) is 5.26 Å². The molecule has 1 N–H and O–H groups in total. The summed E-state index contributed by atoms with van der Waals surface area (Å²) in [5.41, 5.74) is 1.24. The van der Waals surface area contributed by atoms with Crippen LogP contribution in [0.5, 0.6) is 0 Å². The molecule has 19 heavy (non-hydrogen) atoms. The lowest BCUT2D eigenvalue weighted by Crippen LogP contribution is -2.35. The summed E-state index contributed by atoms with van der Waals surface area (Å²) in [6, 6.07) is 5.00. The summed E-state index contributed by atoms with van der Waals surface area (Å²) in [6.07, 6.45) is 2.01. The normalized spacial score (nSPS) is 15.9. The molecule has 2 rings (SSSR count). The van der Waals surface area contributed by atoms with Gasteiger partial charge in [0.15, 0.2) is 0 Å². The molecule has 1 aliphatic carbocycles. The van der Waals surface area contributed by atoms with Gasteiger partial charge in [-0.3, -0.25) is 4.79 Å². The predicted molar refractivity (Wildman–Crippen MR) is 72.9 cm³/mol. The molecule has 1 saturated carbocycles. The van der Waals surface area contributed by atoms with E-state index in [0.717, 1.165) is 18.5 Å². The summed E-state index contributed by atoms with van der Waals surface area (Å²) in [5.74, 6) is 0.237. The van der Waals surface area contributed by atoms with Crippen LogP contribution in [-0.4, -0.2) is 16.9 Å². The number of rotatable bonds is 4. The lowest BCUT2D eigenvalue weighted by Gasteiger charge is -2.12. The van der Waals surface area contributed by atoms with E-state index in [1.54, 1.807) is 6.07 Å². The first-order valence-electron chi connectivity index (χ1n) is 6.39. The Labute approximate surface area is 117 Å². The number of carbonyl (C=O) groups is 1. The summed E-state index contributed by atoms with van der Waals surface area (Å²) in [5, 5.41) is 12.1. The van der Waals surface area contributed by atoms with Crippen LogP contribution in [0.3, 0.4) is 0 Å². The third-order valence-electron chi connectivity index (χ3n) is 3.19. The Balaban J connectivity index is 2.16. The van der Waals surface area contributed by atoms with Gasteiger partial charge in [-0.25, -0.2) is 4.98 Å². The summed E-state index contributed by atoms with van der Waals surface area (Å²) in [7, 11) is 0. The second kappa shape index (κ2) is 5.58. The van der Waals surface area contributed by atoms with Gasteiger partial charge in [0.1, 0.15) is 11.2 Å². The Morgan fingerprint density at radius 1 is 1.53 bits per heavy atom. The minimum atomic E-state index is -0.401. The largest absolute Gasteiger partial charge is 0.336 e. The lowest BCUT2D eigenvalue weighted by molar-refractivity contribution is 0.0941. The maximum Gasteiger partial charge on any atom is 0.252 e. The average molecular weight is 278 g/mol. The molecule has 0 saturated heterocycles. The molecular weight excluding hydrogens is 262 g/mol. The number of hydrogen-bond donors (Lipinski definition) is 1. The van der Waals surface area contributed by atoms with Crippen LogP contribution < -0.4 is 5.32 Å². The number of hydrogen-bond acceptors (Lipinski definition) is 3. The third kappa shape index (κ3) is 3.45. The minimum Gasteiger partial charge on any atom is -0.336 e. The van der Waals surface area contributed by atoms with E-state index in [2.05, 4.69) is 16.4 Å². The van der Waals surface area contributed by atoms with Crippen molar-refractivity contribution in [2.45, 2.75) is 38.6 Å². The average Bonchev–Trinajstić information content (AvgIpc) is 3.19. The highest BCUT2D eigenvalue weighted by atomic mass is 35.5. The van der Waals surface area contributed by atoms with E-state index in [-0.39, 0.29) is 11.8 Å². The second-order valence-corrected chi connectivity index (χ2v) is 5.56. The highest BCUT2D eigenvalue weighted by Gasteiger charge is 2.32. The van der Waals surface area contributed by atoms with E-state index in [0.29, 0.717) is 16.6 Å². The van der Waals surface area contributed by atoms with Gasteiger partial charge in [-0.2, -0.15) is 5.26 Å². The Kier molecular flexibility index (Phi) is 4.06. The molecular formula is C14H16ClN3O. The van der Waals surface area contributed by atoms with Crippen molar-refractivity contribution >= 4 is 17.5 Å². The lowest BCUT2D eigenvalue weighted by atomic mass is 10.1. The van der Waals surface area contributed by atoms with Gasteiger partial charge in [-0.1, -0.05) is 25.4 Å². The van der Waals surface area contributed by atoms with Gasteiger partial charge in [0.25, 0.3) is 5.91 Å². The number of carbonyl (C=O) groups excluding carboxylic acids is 1. The molecule has 1 amide bonds. The molecule has 100 valence electrons. The van der Waals surface area contributed by atoms with Crippen molar-refractivity contribution in [2.24, 2.45) is 5.92 Å². The standard InChI is InChI=1S/C14H16ClN3O/c1-8(2)11-5-10(6-13(15)17-11)14(19)18-12(7-16)9-3-4-9/h5-6,8-9,12H,3-4H2,1-2H3,(H,18,19). The molecule has 0 aromatic carbocycles. The molecule has 0 radical (unpaired) electrons. The highest BCUT2D eigenvalue weighted by Crippen LogP contribution is 2.32. The van der Waals surface area contributed by atoms with E-state index in [1.165, 1.54) is 6.07 Å². The van der Waals surface area contributed by atoms with Crippen molar-refractivity contribution in [3.63, 3.8) is 0 Å². The van der Waals surface area contributed by atoms with Crippen molar-refractivity contribution in [2.75, 3.05) is 0 Å². The number of aromatic nitrogens is 1. The molecule has 0 spiro atoms. The first kappa shape index (κ1) is 13.8. The van der Waals surface area contributed by atoms with E-state index in [4.69, 9.17) is 16.9 Å². The van der Waals surface area contributed by atoms with Crippen LogP contribution in [0.1, 0.15) is 48.7 Å². The molecule has 1 heterocycles. The number of nitriles is 1. The maximum atomic E-state index is 12.1. The van der Waals surface area contributed by atoms with Crippen molar-refractivity contribution in [3.8, 4) is 6.07 Å². The number of nitrogens with one attached hydrogen (secondary N) is 1. The van der Waals surface area contributed by atoms with Gasteiger partial charge in [-0.15, -0.1) is 0 Å². The highest BCUT2D eigenvalue weighted by molar-refractivity contribution is 6.29. The fourth-order valence-corrected chi connectivity index (χ4v) is 2.07. The van der Waals surface area contributed by atoms with Gasteiger partial charge < -0.3 is 5.32 Å². The number of amides is 1. The van der Waals surface area contributed by atoms with Crippen LogP contribution in [0.2, 0.25) is 5.15 Å². The third-order valence-corrected chi connectivity index (χ3v) is 3.38. The molecule has 1 aliphatic rings. The molecule has 0 aliphatic heterocycles.